The number of nitrogens with zero attached hydrogens (tertiary/aromatic N) is 4. The minimum atomic E-state index is -1.01. The maximum absolute atomic E-state index is 11.6. The highest BCUT2D eigenvalue weighted by molar-refractivity contribution is 6.29. The molecule has 0 unspecified atom stereocenters. The normalized spacial score (nSPS) is 9.96. The van der Waals surface area contributed by atoms with Gasteiger partial charge in [-0.2, -0.15) is 0 Å². The Hall–Kier alpha value is -2.00. The quantitative estimate of drug-likeness (QED) is 0.308. The summed E-state index contributed by atoms with van der Waals surface area (Å²) in [4.78, 5) is 23.5. The molecule has 0 spiro atoms. The molecule has 0 aliphatic carbocycles. The van der Waals surface area contributed by atoms with E-state index in [0.717, 1.165) is 13.1 Å². The molecule has 1 N–H and O–H groups in total. The van der Waals surface area contributed by atoms with Crippen LogP contribution in [0.5, 0.6) is 0 Å². The van der Waals surface area contributed by atoms with Gasteiger partial charge in [0.15, 0.2) is 0 Å². The summed E-state index contributed by atoms with van der Waals surface area (Å²) in [6.45, 7) is 14.8. The van der Waals surface area contributed by atoms with Crippen LogP contribution >= 0.6 is 0 Å². The summed E-state index contributed by atoms with van der Waals surface area (Å²) in [7, 11) is 3.99. The number of hydrogen-bond donors (Lipinski definition) is 1. The van der Waals surface area contributed by atoms with Gasteiger partial charge in [0.25, 0.3) is 0 Å². The second kappa shape index (κ2) is 13.4. The first-order chi connectivity index (χ1) is 11.1. The van der Waals surface area contributed by atoms with E-state index in [4.69, 9.17) is 9.53 Å². The highest BCUT2D eigenvalue weighted by atomic mass is 28.2. The SMILES string of the molecule is C=CCN(C)C(=O)N(C)[SiH2]OC(=C)C.CCN(CC)N(C)C(=O)O. The van der Waals surface area contributed by atoms with Gasteiger partial charge in [0, 0.05) is 40.8 Å². The zero-order valence-electron chi connectivity index (χ0n) is 15.8. The molecule has 0 aliphatic rings. The lowest BCUT2D eigenvalue weighted by atomic mass is 10.6. The molecule has 0 aromatic heterocycles. The van der Waals surface area contributed by atoms with Crippen molar-refractivity contribution in [3.05, 3.63) is 25.0 Å². The number of amides is 3. The van der Waals surface area contributed by atoms with E-state index in [9.17, 15) is 9.59 Å². The van der Waals surface area contributed by atoms with Crippen molar-refractivity contribution >= 4 is 22.0 Å². The first-order valence-electron chi connectivity index (χ1n) is 7.69. The van der Waals surface area contributed by atoms with Crippen LogP contribution in [0.2, 0.25) is 0 Å². The van der Waals surface area contributed by atoms with E-state index in [1.165, 1.54) is 12.1 Å². The summed E-state index contributed by atoms with van der Waals surface area (Å²) < 4.78 is 6.86. The van der Waals surface area contributed by atoms with Gasteiger partial charge in [-0.05, 0) is 6.92 Å². The number of allylic oxidation sites excluding steroid dienone is 1. The van der Waals surface area contributed by atoms with Gasteiger partial charge in [0.2, 0.25) is 0 Å². The van der Waals surface area contributed by atoms with Crippen LogP contribution in [0, 0.1) is 0 Å². The highest BCUT2D eigenvalue weighted by Gasteiger charge is 2.13. The Labute approximate surface area is 147 Å². The monoisotopic (exact) mass is 360 g/mol. The fourth-order valence-electron chi connectivity index (χ4n) is 1.59. The van der Waals surface area contributed by atoms with Gasteiger partial charge in [-0.15, -0.1) is 6.58 Å². The van der Waals surface area contributed by atoms with E-state index in [1.54, 1.807) is 41.6 Å². The number of urea groups is 1. The second-order valence-corrected chi connectivity index (χ2v) is 6.57. The van der Waals surface area contributed by atoms with Crippen LogP contribution in [0.25, 0.3) is 0 Å². The third kappa shape index (κ3) is 10.7. The molecular formula is C15H32N4O4Si. The van der Waals surface area contributed by atoms with Crippen molar-refractivity contribution in [2.24, 2.45) is 0 Å². The molecule has 0 aromatic carbocycles. The van der Waals surface area contributed by atoms with Crippen molar-refractivity contribution in [3.8, 4) is 0 Å². The fourth-order valence-corrected chi connectivity index (χ4v) is 2.36. The molecule has 0 fully saturated rings. The van der Waals surface area contributed by atoms with E-state index < -0.39 is 16.0 Å². The lowest BCUT2D eigenvalue weighted by molar-refractivity contribution is 0.0194. The van der Waals surface area contributed by atoms with Crippen LogP contribution in [0.15, 0.2) is 25.0 Å². The molecule has 3 amide bonds. The topological polar surface area (TPSA) is 76.6 Å². The minimum Gasteiger partial charge on any atom is -0.534 e. The number of carboxylic acid groups (broad SMARTS) is 1. The zero-order chi connectivity index (χ0) is 19.3. The summed E-state index contributed by atoms with van der Waals surface area (Å²) in [5.41, 5.74) is 0. The van der Waals surface area contributed by atoms with Gasteiger partial charge < -0.3 is 19.0 Å². The Morgan fingerprint density at radius 2 is 1.71 bits per heavy atom. The van der Waals surface area contributed by atoms with E-state index in [-0.39, 0.29) is 6.03 Å². The van der Waals surface area contributed by atoms with Crippen LogP contribution < -0.4 is 0 Å². The van der Waals surface area contributed by atoms with Crippen molar-refractivity contribution in [1.82, 2.24) is 19.5 Å². The average molecular weight is 361 g/mol. The Morgan fingerprint density at radius 3 is 2.00 bits per heavy atom. The molecule has 24 heavy (non-hydrogen) atoms. The maximum atomic E-state index is 11.6. The number of likely N-dealkylation sites (N-methyl/N-ethyl adjacent to an activating group) is 1. The average Bonchev–Trinajstić information content (AvgIpc) is 2.53. The van der Waals surface area contributed by atoms with Crippen LogP contribution in [-0.4, -0.2) is 87.4 Å². The molecule has 0 atom stereocenters. The molecule has 9 heteroatoms. The summed E-state index contributed by atoms with van der Waals surface area (Å²) in [5.74, 6) is 0.655. The van der Waals surface area contributed by atoms with E-state index >= 15 is 0 Å². The molecule has 8 nitrogen and oxygen atoms in total. The first kappa shape index (κ1) is 24.3. The van der Waals surface area contributed by atoms with Gasteiger partial charge in [0.1, 0.15) is 0 Å². The Bertz CT molecular complexity index is 416. The van der Waals surface area contributed by atoms with Crippen LogP contribution in [0.1, 0.15) is 20.8 Å². The van der Waals surface area contributed by atoms with Crippen molar-refractivity contribution < 1.29 is 19.1 Å². The summed E-state index contributed by atoms with van der Waals surface area (Å²) in [5, 5.41) is 11.4. The lowest BCUT2D eigenvalue weighted by Gasteiger charge is -2.26. The van der Waals surface area contributed by atoms with E-state index in [1.807, 2.05) is 13.8 Å². The molecule has 140 valence electrons. The van der Waals surface area contributed by atoms with E-state index in [2.05, 4.69) is 13.2 Å². The second-order valence-electron chi connectivity index (χ2n) is 5.07. The maximum Gasteiger partial charge on any atom is 0.421 e. The van der Waals surface area contributed by atoms with Crippen LogP contribution in [-0.2, 0) is 4.43 Å². The Kier molecular flexibility index (Phi) is 13.6. The van der Waals surface area contributed by atoms with E-state index in [0.29, 0.717) is 12.3 Å². The van der Waals surface area contributed by atoms with Gasteiger partial charge in [-0.25, -0.2) is 19.6 Å². The molecule has 0 saturated carbocycles. The number of hydrazine groups is 1. The lowest BCUT2D eigenvalue weighted by Crippen LogP contribution is -2.42. The Morgan fingerprint density at radius 1 is 1.21 bits per heavy atom. The standard InChI is InChI=1S/C9H18N2O2Si.C6H14N2O2/c1-6-7-10(4)9(12)11(5)14-13-8(2)3;1-4-8(5-2)7(3)6(9)10/h6H,1-2,7,14H2,3-5H3;4-5H2,1-3H3,(H,9,10). The van der Waals surface area contributed by atoms with Gasteiger partial charge in [-0.1, -0.05) is 26.5 Å². The van der Waals surface area contributed by atoms with Gasteiger partial charge in [-0.3, -0.25) is 0 Å². The molecule has 0 aliphatic heterocycles. The first-order valence-corrected chi connectivity index (χ1v) is 8.90. The smallest absolute Gasteiger partial charge is 0.421 e. The van der Waals surface area contributed by atoms with Gasteiger partial charge in [0.05, 0.1) is 5.76 Å². The minimum absolute atomic E-state index is 0.0437. The molecule has 0 saturated heterocycles. The van der Waals surface area contributed by atoms with Crippen LogP contribution in [0.4, 0.5) is 9.59 Å². The number of carbonyl (C=O) groups is 2. The number of carbonyl (C=O) groups excluding carboxylic acids is 1. The molecule has 0 aromatic rings. The molecule has 0 rings (SSSR count). The van der Waals surface area contributed by atoms with Crippen LogP contribution in [0.3, 0.4) is 0 Å². The number of hydrogen-bond acceptors (Lipinski definition) is 4. The summed E-state index contributed by atoms with van der Waals surface area (Å²) in [6.07, 6.45) is 0.774. The predicted molar refractivity (Wildman–Crippen MR) is 99.1 cm³/mol. The molecule has 0 radical (unpaired) electrons. The van der Waals surface area contributed by atoms with Gasteiger partial charge >= 0.3 is 22.0 Å². The zero-order valence-corrected chi connectivity index (χ0v) is 17.2. The van der Waals surface area contributed by atoms with Crippen molar-refractivity contribution in [3.63, 3.8) is 0 Å². The summed E-state index contributed by atoms with van der Waals surface area (Å²) >= 11 is 0. The largest absolute Gasteiger partial charge is 0.534 e. The fraction of sp³-hybridized carbons (Fsp3) is 0.600. The molecule has 0 bridgehead atoms. The third-order valence-electron chi connectivity index (χ3n) is 2.99. The van der Waals surface area contributed by atoms with Crippen molar-refractivity contribution in [1.29, 1.82) is 0 Å². The van der Waals surface area contributed by atoms with Crippen molar-refractivity contribution in [2.75, 3.05) is 40.8 Å². The highest BCUT2D eigenvalue weighted by Crippen LogP contribution is 1.95. The predicted octanol–water partition coefficient (Wildman–Crippen LogP) is 1.56. The molecular weight excluding hydrogens is 328 g/mol. The number of rotatable bonds is 8. The van der Waals surface area contributed by atoms with Crippen molar-refractivity contribution in [2.45, 2.75) is 20.8 Å². The third-order valence-corrected chi connectivity index (χ3v) is 4.27. The Balaban J connectivity index is 0. The molecule has 0 heterocycles. The summed E-state index contributed by atoms with van der Waals surface area (Å²) in [6, 6.07) is -0.0437.